The Labute approximate surface area is 104 Å². The molecule has 1 saturated carbocycles. The molecule has 1 aliphatic carbocycles. The first kappa shape index (κ1) is 11.6. The van der Waals surface area contributed by atoms with E-state index in [1.807, 2.05) is 0 Å². The number of nitrogens with zero attached hydrogens (tertiary/aromatic N) is 3. The van der Waals surface area contributed by atoms with E-state index in [1.165, 1.54) is 25.7 Å². The van der Waals surface area contributed by atoms with Crippen molar-refractivity contribution < 1.29 is 0 Å². The molecule has 2 rings (SSSR count). The molecule has 0 atom stereocenters. The highest BCUT2D eigenvalue weighted by molar-refractivity contribution is 9.10. The van der Waals surface area contributed by atoms with Crippen LogP contribution in [0.2, 0.25) is 0 Å². The monoisotopic (exact) mass is 284 g/mol. The maximum absolute atomic E-state index is 5.74. The van der Waals surface area contributed by atoms with Gasteiger partial charge in [-0.1, -0.05) is 13.3 Å². The lowest BCUT2D eigenvalue weighted by Crippen LogP contribution is -2.29. The summed E-state index contributed by atoms with van der Waals surface area (Å²) in [6, 6.07) is 2.36. The number of aromatic nitrogens is 2. The van der Waals surface area contributed by atoms with E-state index in [0.29, 0.717) is 11.9 Å². The van der Waals surface area contributed by atoms with Gasteiger partial charge in [0.05, 0.1) is 0 Å². The van der Waals surface area contributed by atoms with E-state index in [-0.39, 0.29) is 0 Å². The second-order valence-corrected chi connectivity index (χ2v) is 5.01. The molecule has 16 heavy (non-hydrogen) atoms. The zero-order valence-corrected chi connectivity index (χ0v) is 11.1. The third-order valence-corrected chi connectivity index (χ3v) is 3.11. The van der Waals surface area contributed by atoms with Crippen LogP contribution < -0.4 is 10.6 Å². The van der Waals surface area contributed by atoms with E-state index in [9.17, 15) is 0 Å². The number of nitrogen functional groups attached to an aromatic ring is 1. The maximum Gasteiger partial charge on any atom is 0.228 e. The smallest absolute Gasteiger partial charge is 0.228 e. The second-order valence-electron chi connectivity index (χ2n) is 4.19. The van der Waals surface area contributed by atoms with Gasteiger partial charge in [-0.15, -0.1) is 0 Å². The minimum Gasteiger partial charge on any atom is -0.383 e. The molecule has 0 aliphatic heterocycles. The predicted molar refractivity (Wildman–Crippen MR) is 69.4 cm³/mol. The van der Waals surface area contributed by atoms with Crippen molar-refractivity contribution in [2.75, 3.05) is 17.2 Å². The molecule has 0 aromatic carbocycles. The van der Waals surface area contributed by atoms with Gasteiger partial charge in [0, 0.05) is 18.7 Å². The minimum atomic E-state index is 0.527. The molecule has 1 fully saturated rings. The fourth-order valence-corrected chi connectivity index (χ4v) is 2.10. The third-order valence-electron chi connectivity index (χ3n) is 2.70. The van der Waals surface area contributed by atoms with Gasteiger partial charge in [0.2, 0.25) is 5.95 Å². The van der Waals surface area contributed by atoms with Gasteiger partial charge in [-0.2, -0.15) is 4.98 Å². The van der Waals surface area contributed by atoms with Gasteiger partial charge >= 0.3 is 0 Å². The van der Waals surface area contributed by atoms with E-state index in [2.05, 4.69) is 37.7 Å². The predicted octanol–water partition coefficient (Wildman–Crippen LogP) is 2.59. The molecule has 0 bridgehead atoms. The van der Waals surface area contributed by atoms with Gasteiger partial charge in [0.1, 0.15) is 10.4 Å². The van der Waals surface area contributed by atoms with Crippen LogP contribution in [0, 0.1) is 0 Å². The van der Waals surface area contributed by atoms with Crippen molar-refractivity contribution in [3.63, 3.8) is 0 Å². The van der Waals surface area contributed by atoms with Crippen LogP contribution in [0.25, 0.3) is 0 Å². The topological polar surface area (TPSA) is 55.0 Å². The summed E-state index contributed by atoms with van der Waals surface area (Å²) in [6.45, 7) is 3.22. The Bertz CT molecular complexity index is 345. The quantitative estimate of drug-likeness (QED) is 0.845. The van der Waals surface area contributed by atoms with Gasteiger partial charge in [-0.3, -0.25) is 0 Å². The fraction of sp³-hybridized carbons (Fsp3) is 0.636. The summed E-state index contributed by atoms with van der Waals surface area (Å²) in [5.74, 6) is 1.29. The van der Waals surface area contributed by atoms with Crippen molar-refractivity contribution in [2.24, 2.45) is 0 Å². The number of hydrogen-bond donors (Lipinski definition) is 1. The zero-order chi connectivity index (χ0) is 11.5. The fourth-order valence-electron chi connectivity index (χ4n) is 1.71. The second kappa shape index (κ2) is 4.99. The SMILES string of the molecule is CCCCN(c1nc(N)cc(Br)n1)C1CC1. The molecule has 1 aromatic rings. The van der Waals surface area contributed by atoms with Crippen LogP contribution in [0.3, 0.4) is 0 Å². The van der Waals surface area contributed by atoms with E-state index in [0.717, 1.165) is 17.1 Å². The molecule has 88 valence electrons. The molecule has 1 aromatic heterocycles. The Morgan fingerprint density at radius 2 is 2.25 bits per heavy atom. The van der Waals surface area contributed by atoms with Crippen LogP contribution in [-0.4, -0.2) is 22.6 Å². The molecule has 0 spiro atoms. The van der Waals surface area contributed by atoms with Crippen LogP contribution in [0.4, 0.5) is 11.8 Å². The molecule has 1 aliphatic rings. The van der Waals surface area contributed by atoms with Gasteiger partial charge < -0.3 is 10.6 Å². The highest BCUT2D eigenvalue weighted by Crippen LogP contribution is 2.30. The number of rotatable bonds is 5. The van der Waals surface area contributed by atoms with Crippen molar-refractivity contribution in [1.82, 2.24) is 9.97 Å². The molecule has 5 heteroatoms. The summed E-state index contributed by atoms with van der Waals surface area (Å²) in [5.41, 5.74) is 5.74. The van der Waals surface area contributed by atoms with Crippen molar-refractivity contribution in [3.8, 4) is 0 Å². The molecule has 4 nitrogen and oxygen atoms in total. The first-order valence-electron chi connectivity index (χ1n) is 5.77. The Kier molecular flexibility index (Phi) is 3.63. The highest BCUT2D eigenvalue weighted by Gasteiger charge is 2.30. The van der Waals surface area contributed by atoms with Crippen LogP contribution in [0.15, 0.2) is 10.7 Å². The molecule has 1 heterocycles. The summed E-state index contributed by atoms with van der Waals surface area (Å²) in [4.78, 5) is 11.0. The van der Waals surface area contributed by atoms with Crippen molar-refractivity contribution in [2.45, 2.75) is 38.6 Å². The number of halogens is 1. The van der Waals surface area contributed by atoms with Crippen LogP contribution >= 0.6 is 15.9 Å². The lowest BCUT2D eigenvalue weighted by molar-refractivity contribution is 0.694. The summed E-state index contributed by atoms with van der Waals surface area (Å²) in [6.07, 6.45) is 4.86. The Balaban J connectivity index is 2.16. The standard InChI is InChI=1S/C11H17BrN4/c1-2-3-6-16(8-4-5-8)11-14-9(12)7-10(13)15-11/h7-8H,2-6H2,1H3,(H2,13,14,15). The number of unbranched alkanes of at least 4 members (excludes halogenated alkanes) is 1. The first-order valence-corrected chi connectivity index (χ1v) is 6.56. The number of nitrogens with two attached hydrogens (primary N) is 1. The van der Waals surface area contributed by atoms with Crippen molar-refractivity contribution >= 4 is 27.7 Å². The van der Waals surface area contributed by atoms with E-state index >= 15 is 0 Å². The molecule has 2 N–H and O–H groups in total. The largest absolute Gasteiger partial charge is 0.383 e. The average molecular weight is 285 g/mol. The molecule has 0 amide bonds. The van der Waals surface area contributed by atoms with Gasteiger partial charge in [0.15, 0.2) is 0 Å². The van der Waals surface area contributed by atoms with Crippen molar-refractivity contribution in [1.29, 1.82) is 0 Å². The van der Waals surface area contributed by atoms with E-state index < -0.39 is 0 Å². The third kappa shape index (κ3) is 2.84. The number of hydrogen-bond acceptors (Lipinski definition) is 4. The van der Waals surface area contributed by atoms with Crippen LogP contribution in [0.5, 0.6) is 0 Å². The molecule has 0 radical (unpaired) electrons. The molecular weight excluding hydrogens is 268 g/mol. The summed E-state index contributed by atoms with van der Waals surface area (Å²) in [7, 11) is 0. The Hall–Kier alpha value is -0.840. The van der Waals surface area contributed by atoms with Gasteiger partial charge in [-0.25, -0.2) is 4.98 Å². The first-order chi connectivity index (χ1) is 7.70. The minimum absolute atomic E-state index is 0.527. The van der Waals surface area contributed by atoms with E-state index in [4.69, 9.17) is 5.73 Å². The summed E-state index contributed by atoms with van der Waals surface area (Å²) in [5, 5.41) is 0. The Morgan fingerprint density at radius 3 is 2.81 bits per heavy atom. The zero-order valence-electron chi connectivity index (χ0n) is 9.49. The Morgan fingerprint density at radius 1 is 1.50 bits per heavy atom. The maximum atomic E-state index is 5.74. The van der Waals surface area contributed by atoms with Crippen LogP contribution in [-0.2, 0) is 0 Å². The van der Waals surface area contributed by atoms with Crippen LogP contribution in [0.1, 0.15) is 32.6 Å². The molecule has 0 unspecified atom stereocenters. The average Bonchev–Trinajstić information content (AvgIpc) is 3.01. The summed E-state index contributed by atoms with van der Waals surface area (Å²) < 4.78 is 0.761. The van der Waals surface area contributed by atoms with Crippen molar-refractivity contribution in [3.05, 3.63) is 10.7 Å². The summed E-state index contributed by atoms with van der Waals surface area (Å²) >= 11 is 3.36. The lowest BCUT2D eigenvalue weighted by atomic mass is 10.3. The normalized spacial score (nSPS) is 15.1. The number of anilines is 2. The highest BCUT2D eigenvalue weighted by atomic mass is 79.9. The van der Waals surface area contributed by atoms with E-state index in [1.54, 1.807) is 6.07 Å². The van der Waals surface area contributed by atoms with Gasteiger partial charge in [0.25, 0.3) is 0 Å². The lowest BCUT2D eigenvalue weighted by Gasteiger charge is -2.22. The molecular formula is C11H17BrN4. The van der Waals surface area contributed by atoms with Gasteiger partial charge in [-0.05, 0) is 35.2 Å². The molecule has 0 saturated heterocycles.